The minimum absolute atomic E-state index is 0.875. The van der Waals surface area contributed by atoms with Gasteiger partial charge in [-0.25, -0.2) is 4.98 Å². The van der Waals surface area contributed by atoms with Crippen molar-refractivity contribution in [2.45, 2.75) is 0 Å². The number of hydrogen-bond acceptors (Lipinski definition) is 4. The van der Waals surface area contributed by atoms with Gasteiger partial charge in [-0.1, -0.05) is 158 Å². The third-order valence-electron chi connectivity index (χ3n) is 11.1. The number of hydrogen-bond donors (Lipinski definition) is 0. The normalized spacial score (nSPS) is 11.4. The zero-order chi connectivity index (χ0) is 39.1. The summed E-state index contributed by atoms with van der Waals surface area (Å²) in [6.45, 7) is 0. The molecule has 59 heavy (non-hydrogen) atoms. The Bertz CT molecular complexity index is 3230. The predicted octanol–water partition coefficient (Wildman–Crippen LogP) is 16.0. The highest BCUT2D eigenvalue weighted by Crippen LogP contribution is 2.43. The van der Waals surface area contributed by atoms with Crippen LogP contribution in [-0.2, 0) is 0 Å². The molecular weight excluding hydrogens is 737 g/mol. The monoisotopic (exact) mass is 772 g/mol. The maximum absolute atomic E-state index is 6.40. The van der Waals surface area contributed by atoms with Crippen molar-refractivity contribution >= 4 is 60.6 Å². The summed E-state index contributed by atoms with van der Waals surface area (Å²) < 4.78 is 7.52. The van der Waals surface area contributed by atoms with Crippen LogP contribution in [0.25, 0.3) is 87.2 Å². The maximum atomic E-state index is 6.40. The third-order valence-corrected chi connectivity index (χ3v) is 12.2. The highest BCUT2D eigenvalue weighted by Gasteiger charge is 2.18. The Hall–Kier alpha value is -7.53. The largest absolute Gasteiger partial charge is 0.456 e. The van der Waals surface area contributed by atoms with Crippen LogP contribution in [-0.4, -0.2) is 4.98 Å². The van der Waals surface area contributed by atoms with Crippen molar-refractivity contribution in [2.75, 3.05) is 4.90 Å². The molecule has 0 amide bonds. The zero-order valence-corrected chi connectivity index (χ0v) is 32.8. The Balaban J connectivity index is 0.994. The van der Waals surface area contributed by atoms with Gasteiger partial charge in [-0.2, -0.15) is 0 Å². The summed E-state index contributed by atoms with van der Waals surface area (Å²) in [4.78, 5) is 7.37. The first kappa shape index (κ1) is 34.7. The Kier molecular flexibility index (Phi) is 8.68. The molecule has 278 valence electrons. The van der Waals surface area contributed by atoms with Crippen LogP contribution >= 0.6 is 11.3 Å². The first-order valence-corrected chi connectivity index (χ1v) is 20.7. The van der Waals surface area contributed by atoms with E-state index in [0.29, 0.717) is 0 Å². The summed E-state index contributed by atoms with van der Waals surface area (Å²) in [5.41, 5.74) is 16.5. The van der Waals surface area contributed by atoms with Gasteiger partial charge in [-0.3, -0.25) is 0 Å². The summed E-state index contributed by atoms with van der Waals surface area (Å²) in [7, 11) is 0. The van der Waals surface area contributed by atoms with Gasteiger partial charge in [0.05, 0.1) is 10.2 Å². The minimum atomic E-state index is 0.875. The van der Waals surface area contributed by atoms with E-state index in [9.17, 15) is 0 Å². The molecule has 0 aliphatic heterocycles. The fourth-order valence-corrected chi connectivity index (χ4v) is 9.14. The van der Waals surface area contributed by atoms with Crippen LogP contribution < -0.4 is 4.90 Å². The van der Waals surface area contributed by atoms with Gasteiger partial charge in [0.2, 0.25) is 0 Å². The van der Waals surface area contributed by atoms with Gasteiger partial charge in [-0.05, 0) is 99.1 Å². The van der Waals surface area contributed by atoms with Crippen LogP contribution in [0.3, 0.4) is 0 Å². The van der Waals surface area contributed by atoms with Crippen molar-refractivity contribution in [3.8, 4) is 55.1 Å². The lowest BCUT2D eigenvalue weighted by atomic mass is 9.93. The van der Waals surface area contributed by atoms with E-state index >= 15 is 0 Å². The van der Waals surface area contributed by atoms with Gasteiger partial charge in [0.1, 0.15) is 16.2 Å². The number of nitrogens with zero attached hydrogens (tertiary/aromatic N) is 2. The summed E-state index contributed by atoms with van der Waals surface area (Å²) in [5, 5.41) is 3.18. The van der Waals surface area contributed by atoms with Gasteiger partial charge < -0.3 is 9.32 Å². The highest BCUT2D eigenvalue weighted by atomic mass is 32.1. The molecule has 2 heterocycles. The molecule has 0 bridgehead atoms. The predicted molar refractivity (Wildman–Crippen MR) is 249 cm³/mol. The number of rotatable bonds is 8. The van der Waals surface area contributed by atoms with E-state index in [1.165, 1.54) is 33.4 Å². The highest BCUT2D eigenvalue weighted by molar-refractivity contribution is 7.21. The van der Waals surface area contributed by atoms with E-state index in [1.807, 2.05) is 6.07 Å². The first-order valence-electron chi connectivity index (χ1n) is 19.9. The van der Waals surface area contributed by atoms with E-state index in [2.05, 4.69) is 217 Å². The Morgan fingerprint density at radius 1 is 0.356 bits per heavy atom. The molecule has 2 aromatic heterocycles. The van der Waals surface area contributed by atoms with Crippen molar-refractivity contribution in [3.05, 3.63) is 218 Å². The fraction of sp³-hybridized carbons (Fsp3) is 0. The molecule has 0 N–H and O–H groups in total. The number of aromatic nitrogens is 1. The molecule has 4 heteroatoms. The lowest BCUT2D eigenvalue weighted by Gasteiger charge is -2.27. The van der Waals surface area contributed by atoms with Crippen molar-refractivity contribution in [2.24, 2.45) is 0 Å². The first-order chi connectivity index (χ1) is 29.2. The van der Waals surface area contributed by atoms with Gasteiger partial charge in [-0.15, -0.1) is 11.3 Å². The Morgan fingerprint density at radius 2 is 0.847 bits per heavy atom. The number of furan rings is 1. The molecule has 9 aromatic carbocycles. The standard InChI is InChI=1S/C55H36N2OS/c1-5-13-37(14-6-1)38-21-26-44(27-22-38)57(46-30-31-47(40-15-7-2-8-16-40)48(34-46)41-17-9-3-10-18-41)45-28-23-39(24-29-45)43-25-32-52-49(33-43)50-35-51-54(36-53(50)58-52)59-55(56-51)42-19-11-4-12-20-42/h1-36H. The number of thiazole rings is 1. The average molecular weight is 773 g/mol. The van der Waals surface area contributed by atoms with Crippen LogP contribution in [0.1, 0.15) is 0 Å². The third kappa shape index (κ3) is 6.56. The lowest BCUT2D eigenvalue weighted by molar-refractivity contribution is 0.669. The second kappa shape index (κ2) is 14.8. The van der Waals surface area contributed by atoms with Crippen LogP contribution in [0.15, 0.2) is 223 Å². The topological polar surface area (TPSA) is 29.3 Å². The van der Waals surface area contributed by atoms with Crippen LogP contribution in [0.2, 0.25) is 0 Å². The maximum Gasteiger partial charge on any atom is 0.136 e. The van der Waals surface area contributed by atoms with Crippen molar-refractivity contribution in [1.29, 1.82) is 0 Å². The van der Waals surface area contributed by atoms with Gasteiger partial charge >= 0.3 is 0 Å². The summed E-state index contributed by atoms with van der Waals surface area (Å²) in [6, 6.07) is 77.7. The van der Waals surface area contributed by atoms with Crippen molar-refractivity contribution < 1.29 is 4.42 Å². The quantitative estimate of drug-likeness (QED) is 0.154. The van der Waals surface area contributed by atoms with E-state index in [4.69, 9.17) is 9.40 Å². The molecular formula is C55H36N2OS. The van der Waals surface area contributed by atoms with E-state index in [-0.39, 0.29) is 0 Å². The molecule has 0 fully saturated rings. The molecule has 0 radical (unpaired) electrons. The molecule has 11 rings (SSSR count). The molecule has 0 saturated carbocycles. The van der Waals surface area contributed by atoms with Crippen molar-refractivity contribution in [3.63, 3.8) is 0 Å². The second-order valence-electron chi connectivity index (χ2n) is 14.8. The number of fused-ring (bicyclic) bond motifs is 4. The number of anilines is 3. The van der Waals surface area contributed by atoms with Crippen LogP contribution in [0.5, 0.6) is 0 Å². The second-order valence-corrected chi connectivity index (χ2v) is 15.8. The van der Waals surface area contributed by atoms with E-state index in [0.717, 1.165) is 70.9 Å². The minimum Gasteiger partial charge on any atom is -0.456 e. The SMILES string of the molecule is c1ccc(-c2ccc(N(c3ccc(-c4ccc5oc6cc7sc(-c8ccccc8)nc7cc6c5c4)cc3)c3ccc(-c4ccccc4)c(-c4ccccc4)c3)cc2)cc1. The molecule has 0 aliphatic rings. The summed E-state index contributed by atoms with van der Waals surface area (Å²) in [5.74, 6) is 0. The Labute approximate surface area is 346 Å². The molecule has 3 nitrogen and oxygen atoms in total. The van der Waals surface area contributed by atoms with Gasteiger partial charge in [0.15, 0.2) is 0 Å². The van der Waals surface area contributed by atoms with Crippen molar-refractivity contribution in [1.82, 2.24) is 4.98 Å². The average Bonchev–Trinajstić information content (AvgIpc) is 3.90. The summed E-state index contributed by atoms with van der Waals surface area (Å²) in [6.07, 6.45) is 0. The number of benzene rings is 9. The molecule has 0 aliphatic carbocycles. The van der Waals surface area contributed by atoms with Crippen LogP contribution in [0.4, 0.5) is 17.1 Å². The lowest BCUT2D eigenvalue weighted by Crippen LogP contribution is -2.10. The fourth-order valence-electron chi connectivity index (χ4n) is 8.16. The van der Waals surface area contributed by atoms with Gasteiger partial charge in [0.25, 0.3) is 0 Å². The molecule has 0 atom stereocenters. The molecule has 11 aromatic rings. The van der Waals surface area contributed by atoms with Gasteiger partial charge in [0, 0.05) is 39.5 Å². The van der Waals surface area contributed by atoms with E-state index in [1.54, 1.807) is 11.3 Å². The smallest absolute Gasteiger partial charge is 0.136 e. The molecule has 0 unspecified atom stereocenters. The summed E-state index contributed by atoms with van der Waals surface area (Å²) >= 11 is 1.70. The molecule has 0 spiro atoms. The van der Waals surface area contributed by atoms with E-state index < -0.39 is 0 Å². The zero-order valence-electron chi connectivity index (χ0n) is 32.0. The van der Waals surface area contributed by atoms with Crippen LogP contribution in [0, 0.1) is 0 Å². The Morgan fingerprint density at radius 3 is 1.47 bits per heavy atom. The molecule has 0 saturated heterocycles.